The lowest BCUT2D eigenvalue weighted by Crippen LogP contribution is -2.07. The van der Waals surface area contributed by atoms with E-state index in [1.807, 2.05) is 18.2 Å². The predicted molar refractivity (Wildman–Crippen MR) is 80.7 cm³/mol. The summed E-state index contributed by atoms with van der Waals surface area (Å²) < 4.78 is 6.71. The number of nitrogen functional groups attached to an aromatic ring is 1. The third kappa shape index (κ3) is 1.77. The summed E-state index contributed by atoms with van der Waals surface area (Å²) in [5.41, 5.74) is 9.74. The molecule has 0 saturated carbocycles. The molecule has 0 bridgehead atoms. The molecule has 0 amide bonds. The molecule has 0 atom stereocenters. The minimum Gasteiger partial charge on any atom is -0.390 e. The van der Waals surface area contributed by atoms with E-state index in [9.17, 15) is 0 Å². The van der Waals surface area contributed by atoms with Crippen molar-refractivity contribution in [3.63, 3.8) is 0 Å². The highest BCUT2D eigenvalue weighted by molar-refractivity contribution is 7.22. The van der Waals surface area contributed by atoms with E-state index in [4.69, 9.17) is 15.5 Å². The molecule has 1 aliphatic rings. The summed E-state index contributed by atoms with van der Waals surface area (Å²) >= 11 is 3.36. The third-order valence-corrected chi connectivity index (χ3v) is 5.44. The van der Waals surface area contributed by atoms with Gasteiger partial charge in [0.15, 0.2) is 0 Å². The van der Waals surface area contributed by atoms with Gasteiger partial charge in [0.2, 0.25) is 0 Å². The Bertz CT molecular complexity index is 727. The van der Waals surface area contributed by atoms with Crippen LogP contribution in [0.4, 0.5) is 5.00 Å². The van der Waals surface area contributed by atoms with Crippen LogP contribution in [0.15, 0.2) is 24.3 Å². The number of ether oxygens (including phenoxy) is 1. The van der Waals surface area contributed by atoms with Crippen LogP contribution >= 0.6 is 22.7 Å². The molecule has 0 unspecified atom stereocenters. The quantitative estimate of drug-likeness (QED) is 0.743. The van der Waals surface area contributed by atoms with Gasteiger partial charge in [0.1, 0.15) is 5.01 Å². The molecule has 3 aromatic rings. The van der Waals surface area contributed by atoms with Gasteiger partial charge >= 0.3 is 0 Å². The Morgan fingerprint density at radius 2 is 2.11 bits per heavy atom. The average Bonchev–Trinajstić information content (AvgIpc) is 2.97. The van der Waals surface area contributed by atoms with E-state index in [-0.39, 0.29) is 0 Å². The lowest BCUT2D eigenvalue weighted by molar-refractivity contribution is 0.114. The van der Waals surface area contributed by atoms with Crippen LogP contribution in [-0.2, 0) is 17.8 Å². The van der Waals surface area contributed by atoms with E-state index < -0.39 is 0 Å². The van der Waals surface area contributed by atoms with Crippen molar-refractivity contribution >= 4 is 37.9 Å². The smallest absolute Gasteiger partial charge is 0.127 e. The summed E-state index contributed by atoms with van der Waals surface area (Å²) in [4.78, 5) is 5.99. The Morgan fingerprint density at radius 3 is 3.00 bits per heavy atom. The van der Waals surface area contributed by atoms with Gasteiger partial charge < -0.3 is 10.5 Å². The van der Waals surface area contributed by atoms with Crippen LogP contribution in [0.5, 0.6) is 0 Å². The van der Waals surface area contributed by atoms with Crippen LogP contribution in [-0.4, -0.2) is 11.6 Å². The van der Waals surface area contributed by atoms with Gasteiger partial charge in [0, 0.05) is 10.4 Å². The molecule has 4 rings (SSSR count). The van der Waals surface area contributed by atoms with Gasteiger partial charge in [0.05, 0.1) is 28.4 Å². The molecule has 0 spiro atoms. The molecule has 1 aliphatic heterocycles. The first-order valence-electron chi connectivity index (χ1n) is 6.16. The highest BCUT2D eigenvalue weighted by Gasteiger charge is 2.22. The number of aromatic nitrogens is 1. The number of para-hydroxylation sites is 1. The van der Waals surface area contributed by atoms with Crippen molar-refractivity contribution in [3.8, 4) is 10.6 Å². The van der Waals surface area contributed by atoms with Crippen molar-refractivity contribution in [2.45, 2.75) is 13.0 Å². The maximum atomic E-state index is 6.20. The molecule has 0 saturated heterocycles. The van der Waals surface area contributed by atoms with Crippen LogP contribution in [0.25, 0.3) is 20.8 Å². The average molecular weight is 288 g/mol. The first-order valence-corrected chi connectivity index (χ1v) is 7.80. The van der Waals surface area contributed by atoms with Crippen molar-refractivity contribution in [2.24, 2.45) is 0 Å². The lowest BCUT2D eigenvalue weighted by atomic mass is 10.1. The Balaban J connectivity index is 1.94. The molecule has 96 valence electrons. The predicted octanol–water partition coefficient (Wildman–Crippen LogP) is 3.68. The van der Waals surface area contributed by atoms with Crippen molar-refractivity contribution in [1.29, 1.82) is 0 Å². The van der Waals surface area contributed by atoms with Gasteiger partial charge in [0.25, 0.3) is 0 Å². The summed E-state index contributed by atoms with van der Waals surface area (Å²) in [7, 11) is 0. The second-order valence-electron chi connectivity index (χ2n) is 4.53. The van der Waals surface area contributed by atoms with Gasteiger partial charge in [-0.15, -0.1) is 22.7 Å². The summed E-state index contributed by atoms with van der Waals surface area (Å²) in [6.07, 6.45) is 0.939. The fourth-order valence-electron chi connectivity index (χ4n) is 2.47. The zero-order valence-electron chi connectivity index (χ0n) is 10.2. The molecule has 2 aromatic heterocycles. The minimum absolute atomic E-state index is 0.690. The van der Waals surface area contributed by atoms with Crippen molar-refractivity contribution < 1.29 is 4.74 Å². The van der Waals surface area contributed by atoms with E-state index in [1.54, 1.807) is 22.7 Å². The van der Waals surface area contributed by atoms with E-state index in [0.29, 0.717) is 6.61 Å². The van der Waals surface area contributed by atoms with Gasteiger partial charge in [-0.05, 0) is 24.1 Å². The van der Waals surface area contributed by atoms with E-state index >= 15 is 0 Å². The van der Waals surface area contributed by atoms with Crippen molar-refractivity contribution in [3.05, 3.63) is 34.7 Å². The number of hydrogen-bond acceptors (Lipinski definition) is 5. The molecule has 5 heteroatoms. The number of benzene rings is 1. The first kappa shape index (κ1) is 11.4. The minimum atomic E-state index is 0.690. The lowest BCUT2D eigenvalue weighted by Gasteiger charge is -2.12. The standard InChI is InChI=1S/C14H12N2OS2/c15-13-12(8-5-6-17-7-11(8)18-13)14-16-9-3-1-2-4-10(9)19-14/h1-4H,5-7,15H2. The molecule has 3 heterocycles. The molecule has 1 aromatic carbocycles. The summed E-state index contributed by atoms with van der Waals surface area (Å²) in [6.45, 7) is 1.47. The van der Waals surface area contributed by atoms with E-state index in [0.717, 1.165) is 34.1 Å². The summed E-state index contributed by atoms with van der Waals surface area (Å²) in [6, 6.07) is 8.22. The molecule has 2 N–H and O–H groups in total. The Morgan fingerprint density at radius 1 is 1.21 bits per heavy atom. The summed E-state index contributed by atoms with van der Waals surface area (Å²) in [5, 5.41) is 1.91. The zero-order valence-corrected chi connectivity index (χ0v) is 11.8. The number of thiazole rings is 1. The molecule has 0 fully saturated rings. The van der Waals surface area contributed by atoms with Crippen LogP contribution in [0, 0.1) is 0 Å². The van der Waals surface area contributed by atoms with Crippen LogP contribution < -0.4 is 5.73 Å². The molecule has 0 radical (unpaired) electrons. The monoisotopic (exact) mass is 288 g/mol. The normalized spacial score (nSPS) is 14.7. The largest absolute Gasteiger partial charge is 0.390 e. The highest BCUT2D eigenvalue weighted by Crippen LogP contribution is 2.43. The Kier molecular flexibility index (Phi) is 2.58. The topological polar surface area (TPSA) is 48.1 Å². The van der Waals surface area contributed by atoms with Crippen LogP contribution in [0.3, 0.4) is 0 Å². The molecule has 0 aliphatic carbocycles. The second kappa shape index (κ2) is 4.30. The number of nitrogens with zero attached hydrogens (tertiary/aromatic N) is 1. The number of thiophene rings is 1. The molecule has 19 heavy (non-hydrogen) atoms. The molecular weight excluding hydrogens is 276 g/mol. The van der Waals surface area contributed by atoms with Gasteiger partial charge in [-0.1, -0.05) is 12.1 Å². The van der Waals surface area contributed by atoms with Crippen molar-refractivity contribution in [2.75, 3.05) is 12.3 Å². The maximum Gasteiger partial charge on any atom is 0.127 e. The molecular formula is C14H12N2OS2. The fourth-order valence-corrected chi connectivity index (χ4v) is 4.64. The van der Waals surface area contributed by atoms with Crippen LogP contribution in [0.1, 0.15) is 10.4 Å². The number of nitrogens with two attached hydrogens (primary N) is 1. The van der Waals surface area contributed by atoms with Gasteiger partial charge in [-0.3, -0.25) is 0 Å². The first-order chi connectivity index (χ1) is 9.33. The maximum absolute atomic E-state index is 6.20. The van der Waals surface area contributed by atoms with Crippen molar-refractivity contribution in [1.82, 2.24) is 4.98 Å². The fraction of sp³-hybridized carbons (Fsp3) is 0.214. The summed E-state index contributed by atoms with van der Waals surface area (Å²) in [5.74, 6) is 0. The third-order valence-electron chi connectivity index (χ3n) is 3.36. The van der Waals surface area contributed by atoms with Gasteiger partial charge in [-0.25, -0.2) is 4.98 Å². The number of rotatable bonds is 1. The van der Waals surface area contributed by atoms with E-state index in [2.05, 4.69) is 6.07 Å². The highest BCUT2D eigenvalue weighted by atomic mass is 32.1. The zero-order chi connectivity index (χ0) is 12.8. The molecule has 3 nitrogen and oxygen atoms in total. The van der Waals surface area contributed by atoms with Gasteiger partial charge in [-0.2, -0.15) is 0 Å². The number of anilines is 1. The van der Waals surface area contributed by atoms with Crippen LogP contribution in [0.2, 0.25) is 0 Å². The second-order valence-corrected chi connectivity index (χ2v) is 6.70. The number of fused-ring (bicyclic) bond motifs is 2. The number of hydrogen-bond donors (Lipinski definition) is 1. The SMILES string of the molecule is Nc1sc2c(c1-c1nc3ccccc3s1)CCOC2. The Labute approximate surface area is 118 Å². The van der Waals surface area contributed by atoms with E-state index in [1.165, 1.54) is 15.1 Å². The Hall–Kier alpha value is -1.43.